The monoisotopic (exact) mass is 311 g/mol. The van der Waals surface area contributed by atoms with Gasteiger partial charge in [-0.2, -0.15) is 5.26 Å². The van der Waals surface area contributed by atoms with E-state index in [0.29, 0.717) is 17.9 Å². The third kappa shape index (κ3) is 3.20. The largest absolute Gasteiger partial charge is 0.396 e. The summed E-state index contributed by atoms with van der Waals surface area (Å²) in [5.74, 6) is 0.631. The zero-order chi connectivity index (χ0) is 16.2. The Balaban J connectivity index is 1.95. The van der Waals surface area contributed by atoms with Crippen LogP contribution in [0.2, 0.25) is 0 Å². The van der Waals surface area contributed by atoms with Gasteiger partial charge in [0.25, 0.3) is 0 Å². The van der Waals surface area contributed by atoms with Gasteiger partial charge in [-0.15, -0.1) is 15.0 Å². The van der Waals surface area contributed by atoms with Gasteiger partial charge in [-0.3, -0.25) is 0 Å². The summed E-state index contributed by atoms with van der Waals surface area (Å²) in [4.78, 5) is 3.66. The van der Waals surface area contributed by atoms with Crippen LogP contribution in [-0.4, -0.2) is 39.3 Å². The van der Waals surface area contributed by atoms with Gasteiger partial charge in [-0.05, 0) is 44.7 Å². The van der Waals surface area contributed by atoms with Crippen LogP contribution in [0.25, 0.3) is 5.69 Å². The highest BCUT2D eigenvalue weighted by atomic mass is 16.3. The highest BCUT2D eigenvalue weighted by molar-refractivity contribution is 5.51. The van der Waals surface area contributed by atoms with Crippen molar-refractivity contribution < 1.29 is 5.11 Å². The zero-order valence-corrected chi connectivity index (χ0v) is 13.3. The molecule has 0 aliphatic carbocycles. The van der Waals surface area contributed by atoms with E-state index in [4.69, 9.17) is 0 Å². The maximum atomic E-state index is 9.43. The number of aliphatic hydroxyl groups excluding tert-OH is 1. The molecular formula is C17H21N5O. The lowest BCUT2D eigenvalue weighted by Crippen LogP contribution is -2.40. The van der Waals surface area contributed by atoms with Gasteiger partial charge < -0.3 is 10.0 Å². The maximum absolute atomic E-state index is 9.43. The number of aromatic nitrogens is 3. The molecule has 1 aromatic carbocycles. The van der Waals surface area contributed by atoms with E-state index in [1.165, 1.54) is 10.4 Å². The number of aliphatic hydroxyl groups is 1. The average Bonchev–Trinajstić information content (AvgIpc) is 3.00. The summed E-state index contributed by atoms with van der Waals surface area (Å²) in [6, 6.07) is 10.3. The number of hydrogen-bond donors (Lipinski definition) is 1. The van der Waals surface area contributed by atoms with Crippen molar-refractivity contribution in [3.63, 3.8) is 0 Å². The summed E-state index contributed by atoms with van der Waals surface area (Å²) in [6.07, 6.45) is 3.93. The van der Waals surface area contributed by atoms with Crippen molar-refractivity contribution >= 4 is 5.82 Å². The molecule has 2 aromatic rings. The number of anilines is 1. The van der Waals surface area contributed by atoms with Crippen molar-refractivity contribution in [2.45, 2.75) is 38.6 Å². The third-order valence-electron chi connectivity index (χ3n) is 4.33. The van der Waals surface area contributed by atoms with Crippen LogP contribution in [0.5, 0.6) is 0 Å². The molecule has 1 aliphatic heterocycles. The van der Waals surface area contributed by atoms with Crippen LogP contribution in [-0.2, 0) is 0 Å². The van der Waals surface area contributed by atoms with E-state index in [2.05, 4.69) is 21.2 Å². The Morgan fingerprint density at radius 2 is 2.04 bits per heavy atom. The molecule has 3 rings (SSSR count). The molecule has 1 N–H and O–H groups in total. The lowest BCUT2D eigenvalue weighted by Gasteiger charge is -2.35. The number of aryl methyl sites for hydroxylation is 1. The summed E-state index contributed by atoms with van der Waals surface area (Å²) in [5, 5.41) is 27.6. The van der Waals surface area contributed by atoms with Crippen LogP contribution >= 0.6 is 0 Å². The van der Waals surface area contributed by atoms with E-state index in [0.717, 1.165) is 31.5 Å². The second-order valence-electron chi connectivity index (χ2n) is 5.96. The van der Waals surface area contributed by atoms with Crippen LogP contribution in [0, 0.1) is 18.3 Å². The molecule has 0 radical (unpaired) electrons. The second-order valence-corrected chi connectivity index (χ2v) is 5.96. The fraction of sp³-hybridized carbons (Fsp3) is 0.471. The third-order valence-corrected chi connectivity index (χ3v) is 4.33. The molecule has 1 fully saturated rings. The number of nitrogens with zero attached hydrogens (tertiary/aromatic N) is 5. The lowest BCUT2D eigenvalue weighted by atomic mass is 9.99. The van der Waals surface area contributed by atoms with Crippen molar-refractivity contribution in [3.8, 4) is 11.8 Å². The quantitative estimate of drug-likeness (QED) is 0.936. The number of hydrogen-bond acceptors (Lipinski definition) is 5. The smallest absolute Gasteiger partial charge is 0.207 e. The highest BCUT2D eigenvalue weighted by Crippen LogP contribution is 2.27. The minimum atomic E-state index is 0.148. The van der Waals surface area contributed by atoms with E-state index < -0.39 is 0 Å². The molecule has 1 atom stereocenters. The first-order chi connectivity index (χ1) is 11.2. The van der Waals surface area contributed by atoms with Crippen molar-refractivity contribution in [3.05, 3.63) is 35.5 Å². The lowest BCUT2D eigenvalue weighted by molar-refractivity contribution is 0.262. The van der Waals surface area contributed by atoms with Crippen molar-refractivity contribution in [2.24, 2.45) is 0 Å². The molecule has 0 amide bonds. The SMILES string of the molecule is Cc1ccc(-n2nc(C#N)c(N3CCCCC3CCO)n2)cc1. The van der Waals surface area contributed by atoms with Gasteiger partial charge in [0.2, 0.25) is 5.69 Å². The fourth-order valence-corrected chi connectivity index (χ4v) is 3.09. The first-order valence-electron chi connectivity index (χ1n) is 8.05. The van der Waals surface area contributed by atoms with Crippen molar-refractivity contribution in [1.29, 1.82) is 5.26 Å². The van der Waals surface area contributed by atoms with Gasteiger partial charge in [-0.25, -0.2) is 0 Å². The van der Waals surface area contributed by atoms with E-state index in [9.17, 15) is 10.4 Å². The molecule has 0 spiro atoms. The molecule has 2 heterocycles. The average molecular weight is 311 g/mol. The molecule has 1 unspecified atom stereocenters. The van der Waals surface area contributed by atoms with E-state index >= 15 is 0 Å². The van der Waals surface area contributed by atoms with Crippen LogP contribution in [0.1, 0.15) is 36.9 Å². The summed E-state index contributed by atoms with van der Waals surface area (Å²) < 4.78 is 0. The Morgan fingerprint density at radius 3 is 2.74 bits per heavy atom. The zero-order valence-electron chi connectivity index (χ0n) is 13.3. The maximum Gasteiger partial charge on any atom is 0.207 e. The van der Waals surface area contributed by atoms with Gasteiger partial charge in [-0.1, -0.05) is 17.7 Å². The standard InChI is InChI=1S/C17H21N5O/c1-13-5-7-15(8-6-13)22-19-16(12-18)17(20-22)21-10-3-2-4-14(21)9-11-23/h5-8,14,23H,2-4,9-11H2,1H3. The fourth-order valence-electron chi connectivity index (χ4n) is 3.09. The summed E-state index contributed by atoms with van der Waals surface area (Å²) in [7, 11) is 0. The minimum absolute atomic E-state index is 0.148. The molecule has 1 aromatic heterocycles. The molecule has 0 bridgehead atoms. The summed E-state index contributed by atoms with van der Waals surface area (Å²) >= 11 is 0. The molecular weight excluding hydrogens is 290 g/mol. The first-order valence-corrected chi connectivity index (χ1v) is 8.05. The van der Waals surface area contributed by atoms with Crippen molar-refractivity contribution in [1.82, 2.24) is 15.0 Å². The van der Waals surface area contributed by atoms with Gasteiger partial charge in [0.1, 0.15) is 6.07 Å². The number of piperidine rings is 1. The Kier molecular flexibility index (Phi) is 4.58. The predicted molar refractivity (Wildman–Crippen MR) is 87.5 cm³/mol. The Bertz CT molecular complexity index is 699. The summed E-state index contributed by atoms with van der Waals surface area (Å²) in [6.45, 7) is 3.03. The first kappa shape index (κ1) is 15.5. The van der Waals surface area contributed by atoms with Crippen molar-refractivity contribution in [2.75, 3.05) is 18.1 Å². The van der Waals surface area contributed by atoms with Gasteiger partial charge in [0, 0.05) is 19.2 Å². The van der Waals surface area contributed by atoms with Gasteiger partial charge in [0.05, 0.1) is 5.69 Å². The Labute approximate surface area is 136 Å². The van der Waals surface area contributed by atoms with Gasteiger partial charge in [0.15, 0.2) is 5.82 Å². The summed E-state index contributed by atoms with van der Waals surface area (Å²) in [5.41, 5.74) is 2.35. The molecule has 23 heavy (non-hydrogen) atoms. The molecule has 120 valence electrons. The van der Waals surface area contributed by atoms with Crippen LogP contribution in [0.4, 0.5) is 5.82 Å². The molecule has 1 saturated heterocycles. The predicted octanol–water partition coefficient (Wildman–Crippen LogP) is 2.19. The molecule has 0 saturated carbocycles. The molecule has 1 aliphatic rings. The molecule has 6 heteroatoms. The number of nitriles is 1. The van der Waals surface area contributed by atoms with E-state index in [1.807, 2.05) is 31.2 Å². The Morgan fingerprint density at radius 1 is 1.26 bits per heavy atom. The van der Waals surface area contributed by atoms with E-state index in [-0.39, 0.29) is 12.6 Å². The minimum Gasteiger partial charge on any atom is -0.396 e. The number of rotatable bonds is 4. The van der Waals surface area contributed by atoms with Crippen LogP contribution in [0.15, 0.2) is 24.3 Å². The molecule has 6 nitrogen and oxygen atoms in total. The highest BCUT2D eigenvalue weighted by Gasteiger charge is 2.27. The second kappa shape index (κ2) is 6.80. The van der Waals surface area contributed by atoms with Crippen LogP contribution < -0.4 is 4.90 Å². The normalized spacial score (nSPS) is 18.0. The topological polar surface area (TPSA) is 78.0 Å². The Hall–Kier alpha value is -2.39. The van der Waals surface area contributed by atoms with E-state index in [1.54, 1.807) is 0 Å². The number of benzene rings is 1. The van der Waals surface area contributed by atoms with Crippen LogP contribution in [0.3, 0.4) is 0 Å². The van der Waals surface area contributed by atoms with Gasteiger partial charge >= 0.3 is 0 Å².